The van der Waals surface area contributed by atoms with Crippen molar-refractivity contribution in [1.29, 1.82) is 0 Å². The summed E-state index contributed by atoms with van der Waals surface area (Å²) in [5.41, 5.74) is 2.26. The number of benzene rings is 2. The second-order valence-corrected chi connectivity index (χ2v) is 7.49. The highest BCUT2D eigenvalue weighted by Crippen LogP contribution is 2.21. The summed E-state index contributed by atoms with van der Waals surface area (Å²) >= 11 is 0. The number of nitrogens with zero attached hydrogens (tertiary/aromatic N) is 2. The summed E-state index contributed by atoms with van der Waals surface area (Å²) < 4.78 is 5.44. The second-order valence-electron chi connectivity index (χ2n) is 7.49. The number of aromatic nitrogens is 2. The largest absolute Gasteiger partial charge is 0.494 e. The number of carbonyl (C=O) groups is 1. The zero-order valence-electron chi connectivity index (χ0n) is 17.1. The molecule has 1 aliphatic heterocycles. The Morgan fingerprint density at radius 2 is 2.03 bits per heavy atom. The van der Waals surface area contributed by atoms with Crippen LogP contribution in [0.3, 0.4) is 0 Å². The summed E-state index contributed by atoms with van der Waals surface area (Å²) in [4.78, 5) is 34.6. The highest BCUT2D eigenvalue weighted by Gasteiger charge is 2.27. The molecule has 1 amide bonds. The fourth-order valence-electron chi connectivity index (χ4n) is 3.82. The quantitative estimate of drug-likeness (QED) is 0.657. The molecule has 156 valence electrons. The minimum absolute atomic E-state index is 0.00537. The van der Waals surface area contributed by atoms with E-state index >= 15 is 0 Å². The molecule has 0 spiro atoms. The number of nitrogens with one attached hydrogen (secondary N) is 2. The summed E-state index contributed by atoms with van der Waals surface area (Å²) in [5, 5.41) is 3.02. The number of hydrogen-bond donors (Lipinski definition) is 2. The molecule has 2 heterocycles. The maximum Gasteiger partial charge on any atom is 0.291 e. The molecule has 4 rings (SSSR count). The first-order chi connectivity index (χ1) is 14.6. The summed E-state index contributed by atoms with van der Waals surface area (Å²) in [6.45, 7) is 4.25. The first-order valence-electron chi connectivity index (χ1n) is 10.4. The van der Waals surface area contributed by atoms with Gasteiger partial charge in [0.05, 0.1) is 23.6 Å². The van der Waals surface area contributed by atoms with Gasteiger partial charge in [0.25, 0.3) is 5.56 Å². The van der Waals surface area contributed by atoms with Crippen LogP contribution in [0, 0.1) is 5.92 Å². The molecule has 0 saturated carbocycles. The van der Waals surface area contributed by atoms with E-state index in [-0.39, 0.29) is 17.4 Å². The Bertz CT molecular complexity index is 1080. The number of fused-ring (bicyclic) bond motifs is 1. The van der Waals surface area contributed by atoms with Gasteiger partial charge in [0, 0.05) is 19.6 Å². The molecule has 1 aromatic heterocycles. The van der Waals surface area contributed by atoms with Crippen LogP contribution in [0.15, 0.2) is 53.3 Å². The van der Waals surface area contributed by atoms with E-state index in [1.807, 2.05) is 60.4 Å². The fraction of sp³-hybridized carbons (Fsp3) is 0.348. The van der Waals surface area contributed by atoms with Gasteiger partial charge in [0.15, 0.2) is 5.82 Å². The van der Waals surface area contributed by atoms with Gasteiger partial charge < -0.3 is 19.9 Å². The molecule has 1 aliphatic rings. The van der Waals surface area contributed by atoms with E-state index in [1.54, 1.807) is 0 Å². The van der Waals surface area contributed by atoms with Crippen LogP contribution in [0.25, 0.3) is 11.0 Å². The molecule has 7 nitrogen and oxygen atoms in total. The van der Waals surface area contributed by atoms with E-state index < -0.39 is 0 Å². The van der Waals surface area contributed by atoms with Crippen LogP contribution in [0.5, 0.6) is 5.75 Å². The minimum Gasteiger partial charge on any atom is -0.494 e. The van der Waals surface area contributed by atoms with E-state index in [4.69, 9.17) is 4.74 Å². The standard InChI is InChI=1S/C23H26N4O3/c1-2-30-18-11-9-16(10-12-18)14-24-22(28)17-6-5-13-27(15-17)21-23(29)26-20-8-4-3-7-19(20)25-21/h3-4,7-12,17H,2,5-6,13-15H2,1H3,(H,24,28)(H,26,29). The predicted octanol–water partition coefficient (Wildman–Crippen LogP) is 2.85. The Balaban J connectivity index is 1.40. The van der Waals surface area contributed by atoms with Crippen molar-refractivity contribution in [2.45, 2.75) is 26.3 Å². The normalized spacial score (nSPS) is 16.4. The second kappa shape index (κ2) is 8.98. The zero-order valence-corrected chi connectivity index (χ0v) is 17.1. The zero-order chi connectivity index (χ0) is 20.9. The average Bonchev–Trinajstić information content (AvgIpc) is 2.78. The minimum atomic E-state index is -0.218. The molecule has 7 heteroatoms. The molecule has 1 atom stereocenters. The van der Waals surface area contributed by atoms with Gasteiger partial charge in [0.2, 0.25) is 5.91 Å². The van der Waals surface area contributed by atoms with Gasteiger partial charge in [0.1, 0.15) is 5.75 Å². The van der Waals surface area contributed by atoms with Crippen molar-refractivity contribution in [3.05, 3.63) is 64.4 Å². The number of rotatable bonds is 6. The highest BCUT2D eigenvalue weighted by molar-refractivity contribution is 5.80. The van der Waals surface area contributed by atoms with Crippen LogP contribution in [0.1, 0.15) is 25.3 Å². The summed E-state index contributed by atoms with van der Waals surface area (Å²) in [5.74, 6) is 1.04. The molecule has 1 unspecified atom stereocenters. The molecule has 3 aromatic rings. The van der Waals surface area contributed by atoms with Crippen molar-refractivity contribution in [3.8, 4) is 5.75 Å². The Hall–Kier alpha value is -3.35. The SMILES string of the molecule is CCOc1ccc(CNC(=O)C2CCCN(c3nc4ccccc4[nH]c3=O)C2)cc1. The van der Waals surface area contributed by atoms with Crippen molar-refractivity contribution in [2.75, 3.05) is 24.6 Å². The number of aromatic amines is 1. The number of ether oxygens (including phenoxy) is 1. The van der Waals surface area contributed by atoms with Gasteiger partial charge in [-0.05, 0) is 49.6 Å². The van der Waals surface area contributed by atoms with Gasteiger partial charge in [-0.25, -0.2) is 4.98 Å². The number of piperidine rings is 1. The maximum atomic E-state index is 12.7. The van der Waals surface area contributed by atoms with Crippen LogP contribution >= 0.6 is 0 Å². The van der Waals surface area contributed by atoms with Gasteiger partial charge in [-0.3, -0.25) is 9.59 Å². The number of hydrogen-bond acceptors (Lipinski definition) is 5. The molecule has 0 radical (unpaired) electrons. The Kier molecular flexibility index (Phi) is 5.97. The summed E-state index contributed by atoms with van der Waals surface area (Å²) in [6.07, 6.45) is 1.65. The van der Waals surface area contributed by atoms with Gasteiger partial charge >= 0.3 is 0 Å². The number of anilines is 1. The van der Waals surface area contributed by atoms with Gasteiger partial charge in [-0.2, -0.15) is 0 Å². The van der Waals surface area contributed by atoms with Crippen LogP contribution in [0.2, 0.25) is 0 Å². The molecule has 2 aromatic carbocycles. The lowest BCUT2D eigenvalue weighted by Crippen LogP contribution is -2.44. The third kappa shape index (κ3) is 4.45. The van der Waals surface area contributed by atoms with Crippen molar-refractivity contribution in [2.24, 2.45) is 5.92 Å². The van der Waals surface area contributed by atoms with E-state index in [0.717, 1.165) is 36.2 Å². The Labute approximate surface area is 175 Å². The smallest absolute Gasteiger partial charge is 0.291 e. The van der Waals surface area contributed by atoms with Crippen molar-refractivity contribution in [1.82, 2.24) is 15.3 Å². The summed E-state index contributed by atoms with van der Waals surface area (Å²) in [6, 6.07) is 15.2. The molecule has 0 bridgehead atoms. The fourth-order valence-corrected chi connectivity index (χ4v) is 3.82. The Morgan fingerprint density at radius 3 is 2.83 bits per heavy atom. The van der Waals surface area contributed by atoms with Crippen molar-refractivity contribution >= 4 is 22.8 Å². The summed E-state index contributed by atoms with van der Waals surface area (Å²) in [7, 11) is 0. The predicted molar refractivity (Wildman–Crippen MR) is 117 cm³/mol. The van der Waals surface area contributed by atoms with Gasteiger partial charge in [-0.1, -0.05) is 24.3 Å². The van der Waals surface area contributed by atoms with E-state index in [1.165, 1.54) is 0 Å². The molecule has 1 fully saturated rings. The number of carbonyl (C=O) groups excluding carboxylic acids is 1. The van der Waals surface area contributed by atoms with Crippen LogP contribution in [-0.2, 0) is 11.3 Å². The van der Waals surface area contributed by atoms with Crippen molar-refractivity contribution in [3.63, 3.8) is 0 Å². The Morgan fingerprint density at radius 1 is 1.23 bits per heavy atom. The highest BCUT2D eigenvalue weighted by atomic mass is 16.5. The third-order valence-electron chi connectivity index (χ3n) is 5.37. The topological polar surface area (TPSA) is 87.3 Å². The van der Waals surface area contributed by atoms with Crippen LogP contribution < -0.4 is 20.5 Å². The molecule has 2 N–H and O–H groups in total. The lowest BCUT2D eigenvalue weighted by molar-refractivity contribution is -0.125. The first kappa shape index (κ1) is 19.9. The molecular formula is C23H26N4O3. The lowest BCUT2D eigenvalue weighted by atomic mass is 9.97. The molecule has 0 aliphatic carbocycles. The monoisotopic (exact) mass is 406 g/mol. The number of H-pyrrole nitrogens is 1. The lowest BCUT2D eigenvalue weighted by Gasteiger charge is -2.32. The van der Waals surface area contributed by atoms with E-state index in [9.17, 15) is 9.59 Å². The van der Waals surface area contributed by atoms with E-state index in [0.29, 0.717) is 31.0 Å². The molecular weight excluding hydrogens is 380 g/mol. The molecule has 1 saturated heterocycles. The maximum absolute atomic E-state index is 12.7. The van der Waals surface area contributed by atoms with Gasteiger partial charge in [-0.15, -0.1) is 0 Å². The van der Waals surface area contributed by atoms with Crippen LogP contribution in [-0.4, -0.2) is 35.6 Å². The van der Waals surface area contributed by atoms with Crippen LogP contribution in [0.4, 0.5) is 5.82 Å². The molecule has 30 heavy (non-hydrogen) atoms. The first-order valence-corrected chi connectivity index (χ1v) is 10.4. The number of amides is 1. The average molecular weight is 406 g/mol. The number of para-hydroxylation sites is 2. The van der Waals surface area contributed by atoms with Crippen molar-refractivity contribution < 1.29 is 9.53 Å². The third-order valence-corrected chi connectivity index (χ3v) is 5.37. The van der Waals surface area contributed by atoms with E-state index in [2.05, 4.69) is 15.3 Å².